The highest BCUT2D eigenvalue weighted by molar-refractivity contribution is 9.10. The summed E-state index contributed by atoms with van der Waals surface area (Å²) >= 11 is 3.45. The van der Waals surface area contributed by atoms with Crippen molar-refractivity contribution in [3.63, 3.8) is 0 Å². The van der Waals surface area contributed by atoms with Crippen LogP contribution in [-0.2, 0) is 22.6 Å². The van der Waals surface area contributed by atoms with Gasteiger partial charge in [-0.1, -0.05) is 77.5 Å². The van der Waals surface area contributed by atoms with Crippen molar-refractivity contribution < 1.29 is 9.59 Å². The topological polar surface area (TPSA) is 49.4 Å². The number of hydrogen-bond donors (Lipinski definition) is 1. The molecular formula is C26H29BrN2O2. The standard InChI is InChI=1S/C26H29BrN2O2/c1-3-17-28-26(31)19(2)29(18-20-11-14-23(27)15-12-20)25(30)16-13-22-9-6-8-21-7-4-5-10-24(21)22/h4-12,14-15,19H,3,13,16-18H2,1-2H3,(H,28,31). The molecule has 0 aliphatic carbocycles. The van der Waals surface area contributed by atoms with E-state index in [0.717, 1.165) is 22.0 Å². The van der Waals surface area contributed by atoms with Gasteiger partial charge in [-0.05, 0) is 53.8 Å². The van der Waals surface area contributed by atoms with Gasteiger partial charge in [-0.25, -0.2) is 0 Å². The van der Waals surface area contributed by atoms with Crippen molar-refractivity contribution in [2.45, 2.75) is 45.7 Å². The molecule has 0 saturated carbocycles. The number of carbonyl (C=O) groups excluding carboxylic acids is 2. The second kappa shape index (κ2) is 11.1. The second-order valence-electron chi connectivity index (χ2n) is 7.75. The number of rotatable bonds is 9. The Labute approximate surface area is 192 Å². The minimum absolute atomic E-state index is 0.0185. The average Bonchev–Trinajstić information content (AvgIpc) is 2.80. The third-order valence-corrected chi connectivity index (χ3v) is 6.00. The Bertz CT molecular complexity index is 1030. The highest BCUT2D eigenvalue weighted by atomic mass is 79.9. The molecule has 0 bridgehead atoms. The lowest BCUT2D eigenvalue weighted by atomic mass is 10.0. The van der Waals surface area contributed by atoms with Crippen molar-refractivity contribution in [2.24, 2.45) is 0 Å². The lowest BCUT2D eigenvalue weighted by Crippen LogP contribution is -2.47. The molecule has 0 aromatic heterocycles. The lowest BCUT2D eigenvalue weighted by molar-refractivity contribution is -0.140. The predicted molar refractivity (Wildman–Crippen MR) is 130 cm³/mol. The first-order valence-corrected chi connectivity index (χ1v) is 11.6. The summed E-state index contributed by atoms with van der Waals surface area (Å²) in [6.45, 7) is 4.83. The molecule has 1 N–H and O–H groups in total. The van der Waals surface area contributed by atoms with Crippen LogP contribution in [0.1, 0.15) is 37.8 Å². The normalized spacial score (nSPS) is 11.8. The van der Waals surface area contributed by atoms with Crippen molar-refractivity contribution in [1.29, 1.82) is 0 Å². The van der Waals surface area contributed by atoms with Crippen LogP contribution >= 0.6 is 15.9 Å². The largest absolute Gasteiger partial charge is 0.354 e. The van der Waals surface area contributed by atoms with E-state index >= 15 is 0 Å². The maximum atomic E-state index is 13.3. The van der Waals surface area contributed by atoms with Gasteiger partial charge in [-0.2, -0.15) is 0 Å². The minimum Gasteiger partial charge on any atom is -0.354 e. The number of halogens is 1. The second-order valence-corrected chi connectivity index (χ2v) is 8.67. The van der Waals surface area contributed by atoms with E-state index in [2.05, 4.69) is 45.5 Å². The van der Waals surface area contributed by atoms with Crippen molar-refractivity contribution >= 4 is 38.5 Å². The van der Waals surface area contributed by atoms with E-state index in [-0.39, 0.29) is 11.8 Å². The summed E-state index contributed by atoms with van der Waals surface area (Å²) < 4.78 is 0.985. The number of carbonyl (C=O) groups is 2. The minimum atomic E-state index is -0.532. The van der Waals surface area contributed by atoms with Gasteiger partial charge in [0, 0.05) is 24.0 Å². The van der Waals surface area contributed by atoms with Crippen LogP contribution in [0.25, 0.3) is 10.8 Å². The molecule has 0 radical (unpaired) electrons. The molecule has 0 aliphatic heterocycles. The monoisotopic (exact) mass is 480 g/mol. The van der Waals surface area contributed by atoms with Crippen molar-refractivity contribution in [3.8, 4) is 0 Å². The van der Waals surface area contributed by atoms with Crippen molar-refractivity contribution in [1.82, 2.24) is 10.2 Å². The van der Waals surface area contributed by atoms with E-state index in [0.29, 0.717) is 25.9 Å². The highest BCUT2D eigenvalue weighted by Crippen LogP contribution is 2.21. The number of benzene rings is 3. The molecule has 1 atom stereocenters. The van der Waals surface area contributed by atoms with Crippen molar-refractivity contribution in [2.75, 3.05) is 6.54 Å². The molecule has 4 nitrogen and oxygen atoms in total. The van der Waals surface area contributed by atoms with Crippen LogP contribution in [0.3, 0.4) is 0 Å². The van der Waals surface area contributed by atoms with E-state index in [4.69, 9.17) is 0 Å². The zero-order valence-corrected chi connectivity index (χ0v) is 19.7. The Morgan fingerprint density at radius 1 is 1.00 bits per heavy atom. The average molecular weight is 481 g/mol. The zero-order chi connectivity index (χ0) is 22.2. The fourth-order valence-corrected chi connectivity index (χ4v) is 3.93. The molecular weight excluding hydrogens is 452 g/mol. The Morgan fingerprint density at radius 2 is 1.71 bits per heavy atom. The summed E-state index contributed by atoms with van der Waals surface area (Å²) in [5, 5.41) is 5.26. The SMILES string of the molecule is CCCNC(=O)C(C)N(Cc1ccc(Br)cc1)C(=O)CCc1cccc2ccccc12. The predicted octanol–water partition coefficient (Wildman–Crippen LogP) is 5.48. The summed E-state index contributed by atoms with van der Waals surface area (Å²) in [4.78, 5) is 27.6. The van der Waals surface area contributed by atoms with Gasteiger partial charge < -0.3 is 10.2 Å². The van der Waals surface area contributed by atoms with Crippen LogP contribution in [0.5, 0.6) is 0 Å². The molecule has 3 rings (SSSR count). The van der Waals surface area contributed by atoms with Crippen molar-refractivity contribution in [3.05, 3.63) is 82.3 Å². The third kappa shape index (κ3) is 6.17. The summed E-state index contributed by atoms with van der Waals surface area (Å²) in [7, 11) is 0. The van der Waals surface area contributed by atoms with Crippen LogP contribution in [0, 0.1) is 0 Å². The van der Waals surface area contributed by atoms with E-state index in [1.54, 1.807) is 11.8 Å². The number of amides is 2. The summed E-state index contributed by atoms with van der Waals surface area (Å²) in [6, 6.07) is 21.7. The first kappa shape index (κ1) is 23.0. The van der Waals surface area contributed by atoms with Crippen LogP contribution in [-0.4, -0.2) is 29.3 Å². The summed E-state index contributed by atoms with van der Waals surface area (Å²) in [5.41, 5.74) is 2.15. The van der Waals surface area contributed by atoms with E-state index < -0.39 is 6.04 Å². The van der Waals surface area contributed by atoms with E-state index in [1.807, 2.05) is 49.4 Å². The van der Waals surface area contributed by atoms with Gasteiger partial charge in [-0.15, -0.1) is 0 Å². The maximum Gasteiger partial charge on any atom is 0.242 e. The molecule has 3 aromatic rings. The van der Waals surface area contributed by atoms with Gasteiger partial charge in [-0.3, -0.25) is 9.59 Å². The van der Waals surface area contributed by atoms with Gasteiger partial charge in [0.05, 0.1) is 0 Å². The first-order valence-electron chi connectivity index (χ1n) is 10.8. The van der Waals surface area contributed by atoms with Gasteiger partial charge in [0.15, 0.2) is 0 Å². The number of nitrogens with one attached hydrogen (secondary N) is 1. The molecule has 0 spiro atoms. The smallest absolute Gasteiger partial charge is 0.242 e. The van der Waals surface area contributed by atoms with E-state index in [1.165, 1.54) is 10.8 Å². The maximum absolute atomic E-state index is 13.3. The fraction of sp³-hybridized carbons (Fsp3) is 0.308. The molecule has 1 unspecified atom stereocenters. The van der Waals surface area contributed by atoms with Crippen LogP contribution in [0.15, 0.2) is 71.2 Å². The Hall–Kier alpha value is -2.66. The molecule has 3 aromatic carbocycles. The molecule has 0 fully saturated rings. The highest BCUT2D eigenvalue weighted by Gasteiger charge is 2.25. The summed E-state index contributed by atoms with van der Waals surface area (Å²) in [5.74, 6) is -0.132. The fourth-order valence-electron chi connectivity index (χ4n) is 3.66. The number of fused-ring (bicyclic) bond motifs is 1. The Morgan fingerprint density at radius 3 is 2.45 bits per heavy atom. The van der Waals surface area contributed by atoms with Gasteiger partial charge in [0.1, 0.15) is 6.04 Å². The van der Waals surface area contributed by atoms with E-state index in [9.17, 15) is 9.59 Å². The van der Waals surface area contributed by atoms with Gasteiger partial charge in [0.25, 0.3) is 0 Å². The van der Waals surface area contributed by atoms with Crippen LogP contribution in [0.4, 0.5) is 0 Å². The molecule has 162 valence electrons. The molecule has 0 saturated heterocycles. The van der Waals surface area contributed by atoms with Crippen LogP contribution in [0.2, 0.25) is 0 Å². The first-order chi connectivity index (χ1) is 15.0. The third-order valence-electron chi connectivity index (χ3n) is 5.47. The number of nitrogens with zero attached hydrogens (tertiary/aromatic N) is 1. The molecule has 31 heavy (non-hydrogen) atoms. The molecule has 2 amide bonds. The Balaban J connectivity index is 1.77. The quantitative estimate of drug-likeness (QED) is 0.440. The van der Waals surface area contributed by atoms with Gasteiger partial charge in [0.2, 0.25) is 11.8 Å². The number of aryl methyl sites for hydroxylation is 1. The Kier molecular flexibility index (Phi) is 8.24. The molecule has 5 heteroatoms. The molecule has 0 heterocycles. The van der Waals surface area contributed by atoms with Crippen LogP contribution < -0.4 is 5.32 Å². The molecule has 0 aliphatic rings. The number of hydrogen-bond acceptors (Lipinski definition) is 2. The van der Waals surface area contributed by atoms with Gasteiger partial charge >= 0.3 is 0 Å². The summed E-state index contributed by atoms with van der Waals surface area (Å²) in [6.07, 6.45) is 1.86. The lowest BCUT2D eigenvalue weighted by Gasteiger charge is -2.29. The zero-order valence-electron chi connectivity index (χ0n) is 18.1.